The number of carbonyl (C=O) groups is 3. The fourth-order valence-electron chi connectivity index (χ4n) is 4.01. The van der Waals surface area contributed by atoms with Crippen molar-refractivity contribution in [1.29, 1.82) is 0 Å². The molecule has 246 valence electrons. The first kappa shape index (κ1) is 43.2. The maximum Gasteiger partial charge on any atom is 1.00 e. The summed E-state index contributed by atoms with van der Waals surface area (Å²) < 4.78 is 11.9. The first-order valence-corrected chi connectivity index (χ1v) is 14.1. The van der Waals surface area contributed by atoms with Crippen LogP contribution in [0.15, 0.2) is 65.4 Å². The van der Waals surface area contributed by atoms with Crippen LogP contribution in [-0.4, -0.2) is 95.2 Å². The number of halogens is 1. The molecule has 4 aromatic rings. The largest absolute Gasteiger partial charge is 1.00 e. The third-order valence-electron chi connectivity index (χ3n) is 6.39. The van der Waals surface area contributed by atoms with Gasteiger partial charge in [-0.05, 0) is 48.5 Å². The molecule has 2 aromatic carbocycles. The molecule has 4 heterocycles. The number of ether oxygens (including phenoxy) is 2. The summed E-state index contributed by atoms with van der Waals surface area (Å²) in [5.41, 5.74) is 15.0. The third kappa shape index (κ3) is 12.0. The first-order valence-electron chi connectivity index (χ1n) is 13.3. The zero-order valence-electron chi connectivity index (χ0n) is 27.6. The summed E-state index contributed by atoms with van der Waals surface area (Å²) in [4.78, 5) is 38.0. The van der Waals surface area contributed by atoms with Gasteiger partial charge in [-0.1, -0.05) is 15.9 Å². The Labute approximate surface area is 329 Å². The number of nitrogens with zero attached hydrogens (tertiary/aromatic N) is 4. The fraction of sp³-hybridized carbons (Fsp3) is 0.222. The van der Waals surface area contributed by atoms with Gasteiger partial charge in [0.1, 0.15) is 36.8 Å². The van der Waals surface area contributed by atoms with Crippen LogP contribution in [0, 0.1) is 0 Å². The summed E-state index contributed by atoms with van der Waals surface area (Å²) in [5.74, 6) is 1.06. The monoisotopic (exact) mass is 748 g/mol. The number of hydrogen-bond donors (Lipinski definition) is 6. The number of rotatable bonds is 3. The number of hydrogen-bond acceptors (Lipinski definition) is 13. The maximum atomic E-state index is 12.0. The van der Waals surface area contributed by atoms with Crippen LogP contribution in [0.5, 0.6) is 11.5 Å². The SMILES string of the molecule is CN1C(=O)[C@@H](N)COc2ccc(-c3ccn[nH]3)cc21.CN1C(=O)[C@@H](N)COc2ccc(Br)cc21.O=CO[O-].OB(O)c1ccn[nH]1.[H-].[Na+].[Na+]. The zero-order valence-corrected chi connectivity index (χ0v) is 32.2. The van der Waals surface area contributed by atoms with E-state index in [0.717, 1.165) is 21.4 Å². The number of nitrogens with one attached hydrogen (secondary N) is 2. The standard InChI is InChI=1S/C13H14N4O2.C10H11BrN2O2.C3H5BN2O2.CH2O3.2Na.H/c1-17-11-6-8(10-4-5-15-16-10)2-3-12(11)19-7-9(14)13(17)18;1-13-8-4-6(11)2-3-9(8)15-5-7(12)10(13)14;7-4(8)3-1-2-5-6-3;2-1-4-3;;;/h2-6,9H,7,14H2,1H3,(H,15,16);2-4,7H,5,12H2,1H3;1-2,7-8H,(H,5,6);1,3H;;;/q;;;;2*+1;-1/p-1/t9-;7-;;;;;/m00...../s1. The Morgan fingerprint density at radius 3 is 1.88 bits per heavy atom. The molecule has 0 bridgehead atoms. The van der Waals surface area contributed by atoms with Crippen molar-refractivity contribution >= 4 is 58.3 Å². The van der Waals surface area contributed by atoms with E-state index in [-0.39, 0.29) is 92.0 Å². The number of fused-ring (bicyclic) bond motifs is 2. The van der Waals surface area contributed by atoms with Crippen LogP contribution >= 0.6 is 15.9 Å². The average molecular weight is 749 g/mol. The summed E-state index contributed by atoms with van der Waals surface area (Å²) in [6.45, 7) is 0.234. The van der Waals surface area contributed by atoms with E-state index in [2.05, 4.69) is 41.2 Å². The van der Waals surface area contributed by atoms with Crippen LogP contribution < -0.4 is 101 Å². The minimum atomic E-state index is -1.43. The second kappa shape index (κ2) is 21.3. The molecule has 2 aliphatic rings. The van der Waals surface area contributed by atoms with Crippen molar-refractivity contribution in [2.45, 2.75) is 12.1 Å². The van der Waals surface area contributed by atoms with Gasteiger partial charge in [-0.3, -0.25) is 24.6 Å². The normalized spacial score (nSPS) is 15.8. The van der Waals surface area contributed by atoms with Gasteiger partial charge >= 0.3 is 66.2 Å². The van der Waals surface area contributed by atoms with Crippen molar-refractivity contribution in [3.8, 4) is 22.8 Å². The molecule has 0 saturated carbocycles. The molecule has 0 spiro atoms. The molecule has 21 heteroatoms. The minimum Gasteiger partial charge on any atom is -1.00 e. The van der Waals surface area contributed by atoms with Crippen LogP contribution in [0.2, 0.25) is 0 Å². The van der Waals surface area contributed by atoms with E-state index >= 15 is 0 Å². The Bertz CT molecular complexity index is 1600. The van der Waals surface area contributed by atoms with Crippen molar-refractivity contribution < 1.29 is 105 Å². The molecule has 0 unspecified atom stereocenters. The van der Waals surface area contributed by atoms with E-state index in [4.69, 9.17) is 41.0 Å². The van der Waals surface area contributed by atoms with Crippen LogP contribution in [0.25, 0.3) is 11.3 Å². The molecule has 2 amide bonds. The molecule has 2 aromatic heterocycles. The van der Waals surface area contributed by atoms with Gasteiger partial charge < -0.3 is 52.4 Å². The van der Waals surface area contributed by atoms with Crippen LogP contribution in [0.3, 0.4) is 0 Å². The smallest absolute Gasteiger partial charge is 1.00 e. The molecule has 0 fully saturated rings. The molecular formula is C27H32BBrN8Na2O9. The van der Waals surface area contributed by atoms with Crippen molar-refractivity contribution in [3.63, 3.8) is 0 Å². The Morgan fingerprint density at radius 2 is 1.44 bits per heavy atom. The van der Waals surface area contributed by atoms with Gasteiger partial charge in [-0.2, -0.15) is 10.2 Å². The Hall–Kier alpha value is -2.79. The molecular weight excluding hydrogens is 717 g/mol. The van der Waals surface area contributed by atoms with Gasteiger partial charge in [0.2, 0.25) is 11.8 Å². The van der Waals surface area contributed by atoms with Gasteiger partial charge in [-0.15, -0.1) is 0 Å². The number of amides is 2. The molecule has 8 N–H and O–H groups in total. The van der Waals surface area contributed by atoms with E-state index in [1.165, 1.54) is 22.1 Å². The third-order valence-corrected chi connectivity index (χ3v) is 6.88. The predicted octanol–water partition coefficient (Wildman–Crippen LogP) is -7.46. The predicted molar refractivity (Wildman–Crippen MR) is 169 cm³/mol. The number of carbonyl (C=O) groups excluding carboxylic acids is 3. The quantitative estimate of drug-likeness (QED) is 0.0493. The number of H-pyrrole nitrogens is 2. The van der Waals surface area contributed by atoms with Gasteiger partial charge in [0.25, 0.3) is 6.47 Å². The van der Waals surface area contributed by atoms with Crippen molar-refractivity contribution in [3.05, 3.63) is 65.4 Å². The Morgan fingerprint density at radius 1 is 0.938 bits per heavy atom. The number of likely N-dealkylation sites (N-methyl/N-ethyl adjacent to an activating group) is 2. The number of aromatic nitrogens is 4. The molecule has 0 radical (unpaired) electrons. The van der Waals surface area contributed by atoms with Crippen LogP contribution in [0.1, 0.15) is 1.43 Å². The van der Waals surface area contributed by atoms with Crippen molar-refractivity contribution in [2.75, 3.05) is 37.1 Å². The van der Waals surface area contributed by atoms with E-state index in [0.29, 0.717) is 22.8 Å². The maximum absolute atomic E-state index is 12.0. The topological polar surface area (TPSA) is 258 Å². The second-order valence-electron chi connectivity index (χ2n) is 9.47. The fourth-order valence-corrected chi connectivity index (χ4v) is 4.36. The Kier molecular flexibility index (Phi) is 19.2. The van der Waals surface area contributed by atoms with E-state index in [1.807, 2.05) is 42.5 Å². The summed E-state index contributed by atoms with van der Waals surface area (Å²) in [5, 5.41) is 37.9. The van der Waals surface area contributed by atoms with Crippen LogP contribution in [0.4, 0.5) is 11.4 Å². The van der Waals surface area contributed by atoms with Gasteiger partial charge in [0.15, 0.2) is 0 Å². The Balaban J connectivity index is 0.000000688. The number of anilines is 2. The van der Waals surface area contributed by atoms with Gasteiger partial charge in [-0.25, -0.2) is 0 Å². The minimum absolute atomic E-state index is 0. The van der Waals surface area contributed by atoms with E-state index in [1.54, 1.807) is 20.3 Å². The molecule has 0 saturated heterocycles. The number of benzene rings is 2. The average Bonchev–Trinajstić information content (AvgIpc) is 3.78. The summed E-state index contributed by atoms with van der Waals surface area (Å²) in [6, 6.07) is 13.3. The van der Waals surface area contributed by atoms with Crippen LogP contribution in [-0.2, 0) is 19.3 Å². The number of aromatic amines is 2. The molecule has 2 atom stereocenters. The zero-order chi connectivity index (χ0) is 33.8. The van der Waals surface area contributed by atoms with Crippen molar-refractivity contribution in [1.82, 2.24) is 20.4 Å². The van der Waals surface area contributed by atoms with E-state index < -0.39 is 19.2 Å². The molecule has 2 aliphatic heterocycles. The summed E-state index contributed by atoms with van der Waals surface area (Å²) >= 11 is 3.35. The summed E-state index contributed by atoms with van der Waals surface area (Å²) in [7, 11) is 1.96. The molecule has 48 heavy (non-hydrogen) atoms. The van der Waals surface area contributed by atoms with Gasteiger partial charge in [0.05, 0.1) is 22.7 Å². The summed E-state index contributed by atoms with van der Waals surface area (Å²) in [6.07, 6.45) is 3.14. The van der Waals surface area contributed by atoms with E-state index in [9.17, 15) is 9.59 Å². The molecule has 17 nitrogen and oxygen atoms in total. The number of nitrogens with two attached hydrogens (primary N) is 2. The van der Waals surface area contributed by atoms with Gasteiger partial charge in [0, 0.05) is 36.5 Å². The first-order chi connectivity index (χ1) is 22.0. The molecule has 6 rings (SSSR count). The molecule has 0 aliphatic carbocycles. The second-order valence-corrected chi connectivity index (χ2v) is 10.4. The van der Waals surface area contributed by atoms with Crippen molar-refractivity contribution in [2.24, 2.45) is 11.5 Å².